The molecule has 1 heteroatoms. The third-order valence-corrected chi connectivity index (χ3v) is 3.98. The number of fused-ring (bicyclic) bond motifs is 3. The van der Waals surface area contributed by atoms with Crippen molar-refractivity contribution >= 4 is 5.78 Å². The van der Waals surface area contributed by atoms with E-state index in [1.807, 2.05) is 0 Å². The van der Waals surface area contributed by atoms with Gasteiger partial charge in [-0.3, -0.25) is 4.79 Å². The summed E-state index contributed by atoms with van der Waals surface area (Å²) in [4.78, 5) is 11.5. The molecule has 60 valence electrons. The van der Waals surface area contributed by atoms with Crippen LogP contribution >= 0.6 is 0 Å². The Morgan fingerprint density at radius 3 is 3.00 bits per heavy atom. The van der Waals surface area contributed by atoms with Crippen molar-refractivity contribution in [2.45, 2.75) is 32.1 Å². The largest absolute Gasteiger partial charge is 0.299 e. The summed E-state index contributed by atoms with van der Waals surface area (Å²) in [5, 5.41) is 0. The molecule has 0 N–H and O–H groups in total. The lowest BCUT2D eigenvalue weighted by Gasteiger charge is -2.20. The van der Waals surface area contributed by atoms with Crippen LogP contribution in [0.1, 0.15) is 32.1 Å². The third-order valence-electron chi connectivity index (χ3n) is 3.98. The van der Waals surface area contributed by atoms with Gasteiger partial charge in [0.1, 0.15) is 5.78 Å². The Morgan fingerprint density at radius 1 is 1.18 bits per heavy atom. The van der Waals surface area contributed by atoms with E-state index in [0.717, 1.165) is 24.2 Å². The number of hydrogen-bond acceptors (Lipinski definition) is 1. The quantitative estimate of drug-likeness (QED) is 0.516. The Balaban J connectivity index is 1.96. The molecule has 4 atom stereocenters. The molecule has 1 nitrogen and oxygen atoms in total. The van der Waals surface area contributed by atoms with Gasteiger partial charge in [-0.25, -0.2) is 0 Å². The number of carbonyl (C=O) groups excluding carboxylic acids is 1. The van der Waals surface area contributed by atoms with Crippen LogP contribution in [0.25, 0.3) is 0 Å². The zero-order valence-electron chi connectivity index (χ0n) is 6.75. The van der Waals surface area contributed by atoms with Crippen molar-refractivity contribution in [2.75, 3.05) is 0 Å². The number of ketones is 1. The molecule has 2 bridgehead atoms. The van der Waals surface area contributed by atoms with E-state index in [4.69, 9.17) is 0 Å². The number of hydrogen-bond donors (Lipinski definition) is 0. The van der Waals surface area contributed by atoms with Crippen LogP contribution in [0.3, 0.4) is 0 Å². The summed E-state index contributed by atoms with van der Waals surface area (Å²) < 4.78 is 0. The predicted octanol–water partition coefficient (Wildman–Crippen LogP) is 2.01. The van der Waals surface area contributed by atoms with E-state index in [1.165, 1.54) is 25.7 Å². The standard InChI is InChI=1S/C10H14O/c11-10-4-6-2-1-3-7(10)9-5-8(6)9/h6-9H,1-5H2/t6-,7-,8+,9-/m1/s1. The molecule has 0 aliphatic heterocycles. The molecule has 0 aromatic rings. The van der Waals surface area contributed by atoms with Gasteiger partial charge < -0.3 is 0 Å². The molecule has 0 heterocycles. The van der Waals surface area contributed by atoms with Gasteiger partial charge in [0.25, 0.3) is 0 Å². The summed E-state index contributed by atoms with van der Waals surface area (Å²) in [6, 6.07) is 0. The van der Waals surface area contributed by atoms with Crippen LogP contribution in [0.15, 0.2) is 0 Å². The van der Waals surface area contributed by atoms with E-state index >= 15 is 0 Å². The second kappa shape index (κ2) is 1.88. The first kappa shape index (κ1) is 6.22. The molecule has 4 rings (SSSR count). The Morgan fingerprint density at radius 2 is 2.09 bits per heavy atom. The third kappa shape index (κ3) is 0.743. The van der Waals surface area contributed by atoms with E-state index in [-0.39, 0.29) is 0 Å². The Kier molecular flexibility index (Phi) is 1.06. The fourth-order valence-electron chi connectivity index (χ4n) is 3.33. The van der Waals surface area contributed by atoms with Crippen LogP contribution < -0.4 is 0 Å². The van der Waals surface area contributed by atoms with Gasteiger partial charge >= 0.3 is 0 Å². The summed E-state index contributed by atoms with van der Waals surface area (Å²) in [6.45, 7) is 0. The second-order valence-electron chi connectivity index (χ2n) is 4.53. The lowest BCUT2D eigenvalue weighted by molar-refractivity contribution is -0.125. The highest BCUT2D eigenvalue weighted by Gasteiger charge is 2.54. The van der Waals surface area contributed by atoms with Gasteiger partial charge in [0.15, 0.2) is 0 Å². The van der Waals surface area contributed by atoms with Crippen molar-refractivity contribution in [1.29, 1.82) is 0 Å². The first-order valence-electron chi connectivity index (χ1n) is 4.89. The number of rotatable bonds is 0. The van der Waals surface area contributed by atoms with Gasteiger partial charge in [-0.1, -0.05) is 6.42 Å². The minimum atomic E-state index is 0.513. The van der Waals surface area contributed by atoms with E-state index in [1.54, 1.807) is 0 Å². The molecule has 4 saturated carbocycles. The SMILES string of the molecule is O=C1C[C@H]2CCC[C@@H]1[C@H]1C[C@@H]21. The fraction of sp³-hybridized carbons (Fsp3) is 0.900. The maximum Gasteiger partial charge on any atom is 0.136 e. The zero-order valence-corrected chi connectivity index (χ0v) is 6.75. The first-order valence-corrected chi connectivity index (χ1v) is 4.89. The van der Waals surface area contributed by atoms with Gasteiger partial charge in [0.2, 0.25) is 0 Å². The molecule has 4 aliphatic carbocycles. The van der Waals surface area contributed by atoms with Crippen LogP contribution in [0.2, 0.25) is 0 Å². The number of Topliss-reactive ketones (excluding diaryl/α,β-unsaturated/α-hetero) is 1. The van der Waals surface area contributed by atoms with Gasteiger partial charge in [-0.2, -0.15) is 0 Å². The lowest BCUT2D eigenvalue weighted by atomic mass is 9.83. The lowest BCUT2D eigenvalue weighted by Crippen LogP contribution is -2.23. The minimum absolute atomic E-state index is 0.513. The van der Waals surface area contributed by atoms with Crippen molar-refractivity contribution in [3.05, 3.63) is 0 Å². The average molecular weight is 150 g/mol. The molecule has 11 heavy (non-hydrogen) atoms. The minimum Gasteiger partial charge on any atom is -0.299 e. The van der Waals surface area contributed by atoms with Crippen LogP contribution in [-0.4, -0.2) is 5.78 Å². The summed E-state index contributed by atoms with van der Waals surface area (Å²) in [5.74, 6) is 3.76. The van der Waals surface area contributed by atoms with Crippen molar-refractivity contribution < 1.29 is 4.79 Å². The first-order chi connectivity index (χ1) is 5.36. The molecule has 0 saturated heterocycles. The summed E-state index contributed by atoms with van der Waals surface area (Å²) in [6.07, 6.45) is 6.22. The van der Waals surface area contributed by atoms with Crippen molar-refractivity contribution in [3.8, 4) is 0 Å². The maximum absolute atomic E-state index is 11.5. The highest BCUT2D eigenvalue weighted by atomic mass is 16.1. The predicted molar refractivity (Wildman–Crippen MR) is 42.1 cm³/mol. The monoisotopic (exact) mass is 150 g/mol. The Labute approximate surface area is 67.2 Å². The Bertz CT molecular complexity index is 209. The van der Waals surface area contributed by atoms with Crippen molar-refractivity contribution in [3.63, 3.8) is 0 Å². The normalized spacial score (nSPS) is 53.6. The molecular weight excluding hydrogens is 136 g/mol. The topological polar surface area (TPSA) is 17.1 Å². The molecular formula is C10H14O. The smallest absolute Gasteiger partial charge is 0.136 e. The molecule has 0 unspecified atom stereocenters. The second-order valence-corrected chi connectivity index (χ2v) is 4.53. The number of carbonyl (C=O) groups is 1. The molecule has 0 spiro atoms. The summed E-state index contributed by atoms with van der Waals surface area (Å²) in [7, 11) is 0. The van der Waals surface area contributed by atoms with Crippen LogP contribution in [0.4, 0.5) is 0 Å². The zero-order chi connectivity index (χ0) is 7.42. The highest BCUT2D eigenvalue weighted by molar-refractivity contribution is 5.83. The molecule has 0 aromatic carbocycles. The van der Waals surface area contributed by atoms with Gasteiger partial charge in [0, 0.05) is 12.3 Å². The van der Waals surface area contributed by atoms with Gasteiger partial charge in [-0.05, 0) is 37.0 Å². The summed E-state index contributed by atoms with van der Waals surface area (Å²) in [5.41, 5.74) is 0. The van der Waals surface area contributed by atoms with E-state index in [0.29, 0.717) is 11.7 Å². The molecule has 4 fully saturated rings. The van der Waals surface area contributed by atoms with Crippen LogP contribution in [-0.2, 0) is 4.79 Å². The van der Waals surface area contributed by atoms with E-state index in [2.05, 4.69) is 0 Å². The van der Waals surface area contributed by atoms with Gasteiger partial charge in [-0.15, -0.1) is 0 Å². The Hall–Kier alpha value is -0.330. The van der Waals surface area contributed by atoms with Gasteiger partial charge in [0.05, 0.1) is 0 Å². The van der Waals surface area contributed by atoms with Crippen LogP contribution in [0.5, 0.6) is 0 Å². The van der Waals surface area contributed by atoms with E-state index < -0.39 is 0 Å². The van der Waals surface area contributed by atoms with Crippen molar-refractivity contribution in [2.24, 2.45) is 23.7 Å². The fourth-order valence-corrected chi connectivity index (χ4v) is 3.33. The highest BCUT2D eigenvalue weighted by Crippen LogP contribution is 2.59. The summed E-state index contributed by atoms with van der Waals surface area (Å²) >= 11 is 0. The van der Waals surface area contributed by atoms with E-state index in [9.17, 15) is 4.79 Å². The van der Waals surface area contributed by atoms with Crippen molar-refractivity contribution in [1.82, 2.24) is 0 Å². The molecule has 0 aromatic heterocycles. The molecule has 4 aliphatic rings. The maximum atomic E-state index is 11.5. The average Bonchev–Trinajstić information content (AvgIpc) is 2.65. The van der Waals surface area contributed by atoms with Crippen LogP contribution in [0, 0.1) is 23.7 Å². The molecule has 0 amide bonds. The molecule has 0 radical (unpaired) electrons.